The van der Waals surface area contributed by atoms with Crippen LogP contribution in [0.5, 0.6) is 0 Å². The molecule has 1 heterocycles. The lowest BCUT2D eigenvalue weighted by Gasteiger charge is -2.43. The molecule has 5 nitrogen and oxygen atoms in total. The molecular weight excluding hydrogens is 248 g/mol. The predicted octanol–water partition coefficient (Wildman–Crippen LogP) is 1.46. The van der Waals surface area contributed by atoms with E-state index in [1.165, 1.54) is 6.08 Å². The van der Waals surface area contributed by atoms with Gasteiger partial charge in [-0.25, -0.2) is 0 Å². The molecule has 0 amide bonds. The summed E-state index contributed by atoms with van der Waals surface area (Å²) in [6.07, 6.45) is 3.04. The number of hydrogen-bond acceptors (Lipinski definition) is 5. The zero-order chi connectivity index (χ0) is 14.1. The molecule has 1 fully saturated rings. The summed E-state index contributed by atoms with van der Waals surface area (Å²) in [6, 6.07) is 0. The predicted molar refractivity (Wildman–Crippen MR) is 67.3 cm³/mol. The maximum atomic E-state index is 11.9. The van der Waals surface area contributed by atoms with Crippen molar-refractivity contribution in [3.63, 3.8) is 0 Å². The van der Waals surface area contributed by atoms with Gasteiger partial charge in [0.2, 0.25) is 0 Å². The van der Waals surface area contributed by atoms with Crippen molar-refractivity contribution >= 4 is 11.8 Å². The fourth-order valence-electron chi connectivity index (χ4n) is 2.26. The van der Waals surface area contributed by atoms with Gasteiger partial charge < -0.3 is 14.2 Å². The van der Waals surface area contributed by atoms with Gasteiger partial charge >= 0.3 is 5.97 Å². The van der Waals surface area contributed by atoms with Gasteiger partial charge in [-0.05, 0) is 19.1 Å². The Balaban J connectivity index is 2.09. The third kappa shape index (κ3) is 2.87. The van der Waals surface area contributed by atoms with E-state index in [-0.39, 0.29) is 17.6 Å². The molecule has 1 atom stereocenters. The molecular formula is C14H20O5. The monoisotopic (exact) mass is 268 g/mol. The molecule has 5 heteroatoms. The quantitative estimate of drug-likeness (QED) is 0.725. The van der Waals surface area contributed by atoms with Crippen molar-refractivity contribution in [3.05, 3.63) is 12.2 Å². The molecule has 0 aromatic heterocycles. The first-order valence-corrected chi connectivity index (χ1v) is 6.55. The Labute approximate surface area is 112 Å². The Morgan fingerprint density at radius 2 is 2.05 bits per heavy atom. The molecule has 0 radical (unpaired) electrons. The van der Waals surface area contributed by atoms with Gasteiger partial charge in [0.25, 0.3) is 0 Å². The molecule has 0 saturated carbocycles. The number of esters is 1. The molecule has 2 rings (SSSR count). The molecule has 1 spiro atoms. The molecule has 0 N–H and O–H groups in total. The van der Waals surface area contributed by atoms with E-state index in [9.17, 15) is 9.59 Å². The van der Waals surface area contributed by atoms with Crippen LogP contribution in [-0.2, 0) is 23.8 Å². The summed E-state index contributed by atoms with van der Waals surface area (Å²) in [7, 11) is 0. The Morgan fingerprint density at radius 3 is 2.63 bits per heavy atom. The van der Waals surface area contributed by atoms with Crippen LogP contribution in [0.2, 0.25) is 0 Å². The normalized spacial score (nSPS) is 27.7. The largest absolute Gasteiger partial charge is 0.466 e. The lowest BCUT2D eigenvalue weighted by atomic mass is 9.91. The zero-order valence-corrected chi connectivity index (χ0v) is 11.6. The molecule has 106 valence electrons. The van der Waals surface area contributed by atoms with Gasteiger partial charge in [0.1, 0.15) is 0 Å². The summed E-state index contributed by atoms with van der Waals surface area (Å²) in [5, 5.41) is 0. The van der Waals surface area contributed by atoms with Gasteiger partial charge in [0.15, 0.2) is 11.6 Å². The highest BCUT2D eigenvalue weighted by molar-refractivity contribution is 5.97. The van der Waals surface area contributed by atoms with E-state index < -0.39 is 17.7 Å². The summed E-state index contributed by atoms with van der Waals surface area (Å²) >= 11 is 0. The minimum atomic E-state index is -1.08. The number of carbonyl (C=O) groups is 2. The molecule has 0 bridgehead atoms. The molecule has 1 saturated heterocycles. The number of ether oxygens (including phenoxy) is 3. The van der Waals surface area contributed by atoms with Crippen LogP contribution in [0, 0.1) is 11.3 Å². The Bertz CT molecular complexity index is 400. The SMILES string of the molecule is CCOC(=O)C[C@H]1C(=O)C=CC12OCC(C)(C)CO2. The van der Waals surface area contributed by atoms with Crippen molar-refractivity contribution in [2.45, 2.75) is 33.0 Å². The van der Waals surface area contributed by atoms with Gasteiger partial charge in [-0.15, -0.1) is 0 Å². The summed E-state index contributed by atoms with van der Waals surface area (Å²) in [4.78, 5) is 23.5. The van der Waals surface area contributed by atoms with E-state index in [1.807, 2.05) is 13.8 Å². The maximum absolute atomic E-state index is 11.9. The smallest absolute Gasteiger partial charge is 0.306 e. The third-order valence-electron chi connectivity index (χ3n) is 3.36. The second kappa shape index (κ2) is 5.06. The molecule has 1 aliphatic heterocycles. The van der Waals surface area contributed by atoms with Gasteiger partial charge in [-0.3, -0.25) is 9.59 Å². The second-order valence-corrected chi connectivity index (χ2v) is 5.76. The molecule has 0 aromatic rings. The van der Waals surface area contributed by atoms with Crippen LogP contribution in [0.15, 0.2) is 12.2 Å². The van der Waals surface area contributed by atoms with Crippen molar-refractivity contribution in [1.29, 1.82) is 0 Å². The highest BCUT2D eigenvalue weighted by Crippen LogP contribution is 2.40. The van der Waals surface area contributed by atoms with E-state index in [0.717, 1.165) is 0 Å². The Hall–Kier alpha value is -1.20. The fraction of sp³-hybridized carbons (Fsp3) is 0.714. The number of ketones is 1. The van der Waals surface area contributed by atoms with Crippen molar-refractivity contribution in [2.24, 2.45) is 11.3 Å². The molecule has 19 heavy (non-hydrogen) atoms. The lowest BCUT2D eigenvalue weighted by Crippen LogP contribution is -2.51. The first kappa shape index (κ1) is 14.2. The van der Waals surface area contributed by atoms with Crippen LogP contribution in [0.3, 0.4) is 0 Å². The number of rotatable bonds is 3. The molecule has 0 unspecified atom stereocenters. The average Bonchev–Trinajstić information content (AvgIpc) is 2.63. The highest BCUT2D eigenvalue weighted by atomic mass is 16.7. The maximum Gasteiger partial charge on any atom is 0.306 e. The average molecular weight is 268 g/mol. The van der Waals surface area contributed by atoms with Crippen LogP contribution in [0.4, 0.5) is 0 Å². The van der Waals surface area contributed by atoms with Crippen LogP contribution in [0.1, 0.15) is 27.2 Å². The number of hydrogen-bond donors (Lipinski definition) is 0. The van der Waals surface area contributed by atoms with E-state index in [2.05, 4.69) is 0 Å². The Kier molecular flexibility index (Phi) is 3.78. The minimum Gasteiger partial charge on any atom is -0.466 e. The standard InChI is InChI=1S/C14H20O5/c1-4-17-12(16)7-10-11(15)5-6-14(10)18-8-13(2,3)9-19-14/h5-6,10H,4,7-9H2,1-3H3/t10-/m0/s1. The van der Waals surface area contributed by atoms with Gasteiger partial charge in [-0.2, -0.15) is 0 Å². The number of carbonyl (C=O) groups excluding carboxylic acids is 2. The first-order valence-electron chi connectivity index (χ1n) is 6.55. The highest BCUT2D eigenvalue weighted by Gasteiger charge is 2.51. The second-order valence-electron chi connectivity index (χ2n) is 5.76. The topological polar surface area (TPSA) is 61.8 Å². The van der Waals surface area contributed by atoms with Crippen LogP contribution in [-0.4, -0.2) is 37.4 Å². The van der Waals surface area contributed by atoms with Gasteiger partial charge in [0.05, 0.1) is 32.2 Å². The Morgan fingerprint density at radius 1 is 1.42 bits per heavy atom. The van der Waals surface area contributed by atoms with Crippen molar-refractivity contribution < 1.29 is 23.8 Å². The number of allylic oxidation sites excluding steroid dienone is 1. The van der Waals surface area contributed by atoms with E-state index in [4.69, 9.17) is 14.2 Å². The first-order chi connectivity index (χ1) is 8.88. The zero-order valence-electron chi connectivity index (χ0n) is 11.6. The van der Waals surface area contributed by atoms with Gasteiger partial charge in [-0.1, -0.05) is 13.8 Å². The van der Waals surface area contributed by atoms with Crippen molar-refractivity contribution in [3.8, 4) is 0 Å². The van der Waals surface area contributed by atoms with Crippen LogP contribution < -0.4 is 0 Å². The van der Waals surface area contributed by atoms with Crippen LogP contribution in [0.25, 0.3) is 0 Å². The van der Waals surface area contributed by atoms with Gasteiger partial charge in [0, 0.05) is 5.41 Å². The molecule has 1 aliphatic carbocycles. The molecule has 0 aromatic carbocycles. The third-order valence-corrected chi connectivity index (χ3v) is 3.36. The lowest BCUT2D eigenvalue weighted by molar-refractivity contribution is -0.287. The van der Waals surface area contributed by atoms with E-state index >= 15 is 0 Å². The van der Waals surface area contributed by atoms with Crippen molar-refractivity contribution in [1.82, 2.24) is 0 Å². The molecule has 2 aliphatic rings. The summed E-state index contributed by atoms with van der Waals surface area (Å²) in [5.74, 6) is -2.27. The summed E-state index contributed by atoms with van der Waals surface area (Å²) in [6.45, 7) is 7.07. The summed E-state index contributed by atoms with van der Waals surface area (Å²) in [5.41, 5.74) is -0.0841. The fourth-order valence-corrected chi connectivity index (χ4v) is 2.26. The van der Waals surface area contributed by atoms with E-state index in [0.29, 0.717) is 19.8 Å². The van der Waals surface area contributed by atoms with Crippen molar-refractivity contribution in [2.75, 3.05) is 19.8 Å². The van der Waals surface area contributed by atoms with Crippen LogP contribution >= 0.6 is 0 Å². The van der Waals surface area contributed by atoms with E-state index in [1.54, 1.807) is 13.0 Å². The minimum absolute atomic E-state index is 0.0138. The summed E-state index contributed by atoms with van der Waals surface area (Å²) < 4.78 is 16.4.